The van der Waals surface area contributed by atoms with Gasteiger partial charge in [-0.05, 0) is 0 Å². The van der Waals surface area contributed by atoms with Crippen LogP contribution in [0.4, 0.5) is 18.9 Å². The number of anilines is 1. The van der Waals surface area contributed by atoms with Crippen molar-refractivity contribution in [1.29, 1.82) is 0 Å². The molecule has 13 heavy (non-hydrogen) atoms. The van der Waals surface area contributed by atoms with E-state index in [0.29, 0.717) is 6.20 Å². The Morgan fingerprint density at radius 1 is 1.54 bits per heavy atom. The third-order valence-electron chi connectivity index (χ3n) is 1.55. The van der Waals surface area contributed by atoms with Gasteiger partial charge in [-0.3, -0.25) is 4.98 Å². The van der Waals surface area contributed by atoms with Crippen LogP contribution >= 0.6 is 15.9 Å². The summed E-state index contributed by atoms with van der Waals surface area (Å²) < 4.78 is 37.3. The number of halogens is 4. The van der Waals surface area contributed by atoms with Crippen molar-refractivity contribution in [3.8, 4) is 0 Å². The maximum Gasteiger partial charge on any atom is 0.280 e. The molecule has 0 spiro atoms. The van der Waals surface area contributed by atoms with Gasteiger partial charge in [-0.2, -0.15) is 0 Å². The minimum Gasteiger partial charge on any atom is -0.396 e. The van der Waals surface area contributed by atoms with E-state index in [4.69, 9.17) is 5.73 Å². The number of pyridine rings is 1. The Hall–Kier alpha value is -0.780. The molecule has 0 unspecified atom stereocenters. The van der Waals surface area contributed by atoms with E-state index in [1.54, 1.807) is 0 Å². The van der Waals surface area contributed by atoms with Gasteiger partial charge in [0, 0.05) is 10.9 Å². The summed E-state index contributed by atoms with van der Waals surface area (Å²) in [7, 11) is 0. The topological polar surface area (TPSA) is 38.9 Å². The van der Waals surface area contributed by atoms with E-state index >= 15 is 0 Å². The third kappa shape index (κ3) is 1.93. The number of alkyl halides is 3. The molecule has 0 atom stereocenters. The van der Waals surface area contributed by atoms with Crippen LogP contribution in [-0.4, -0.2) is 4.98 Å². The molecule has 0 saturated carbocycles. The summed E-state index contributed by atoms with van der Waals surface area (Å²) in [5.74, 6) is -0.779. The summed E-state index contributed by atoms with van der Waals surface area (Å²) in [4.78, 5) is 3.27. The molecule has 72 valence electrons. The van der Waals surface area contributed by atoms with E-state index in [-0.39, 0.29) is 16.6 Å². The zero-order valence-corrected chi connectivity index (χ0v) is 7.98. The predicted octanol–water partition coefficient (Wildman–Crippen LogP) is 2.64. The second kappa shape index (κ2) is 3.95. The number of nitrogens with two attached hydrogens (primary N) is 1. The van der Waals surface area contributed by atoms with E-state index < -0.39 is 17.9 Å². The van der Waals surface area contributed by atoms with Crippen molar-refractivity contribution in [2.24, 2.45) is 0 Å². The van der Waals surface area contributed by atoms with Gasteiger partial charge in [0.1, 0.15) is 5.69 Å². The highest BCUT2D eigenvalue weighted by molar-refractivity contribution is 9.08. The average molecular weight is 255 g/mol. The van der Waals surface area contributed by atoms with Crippen LogP contribution in [0.3, 0.4) is 0 Å². The molecule has 0 fully saturated rings. The van der Waals surface area contributed by atoms with Crippen molar-refractivity contribution < 1.29 is 13.2 Å². The highest BCUT2D eigenvalue weighted by atomic mass is 79.9. The quantitative estimate of drug-likeness (QED) is 0.825. The largest absolute Gasteiger partial charge is 0.396 e. The molecule has 1 heterocycles. The van der Waals surface area contributed by atoms with E-state index in [1.807, 2.05) is 0 Å². The fraction of sp³-hybridized carbons (Fsp3) is 0.286. The first-order valence-electron chi connectivity index (χ1n) is 3.34. The number of nitrogens with zero attached hydrogens (tertiary/aromatic N) is 1. The molecule has 1 rings (SSSR count). The van der Waals surface area contributed by atoms with Crippen LogP contribution in [-0.2, 0) is 5.33 Å². The Balaban J connectivity index is 3.30. The molecular formula is C7H6BrF3N2. The average Bonchev–Trinajstić information content (AvgIpc) is 2.09. The number of aromatic nitrogens is 1. The van der Waals surface area contributed by atoms with Crippen LogP contribution < -0.4 is 5.73 Å². The predicted molar refractivity (Wildman–Crippen MR) is 46.2 cm³/mol. The molecule has 0 bridgehead atoms. The lowest BCUT2D eigenvalue weighted by atomic mass is 10.2. The molecule has 0 aliphatic heterocycles. The van der Waals surface area contributed by atoms with Gasteiger partial charge in [0.15, 0.2) is 5.82 Å². The molecule has 1 aromatic rings. The van der Waals surface area contributed by atoms with Gasteiger partial charge < -0.3 is 5.73 Å². The van der Waals surface area contributed by atoms with E-state index in [0.717, 1.165) is 0 Å². The van der Waals surface area contributed by atoms with Crippen molar-refractivity contribution >= 4 is 21.6 Å². The van der Waals surface area contributed by atoms with Crippen molar-refractivity contribution in [3.05, 3.63) is 23.3 Å². The van der Waals surface area contributed by atoms with Crippen LogP contribution in [0.25, 0.3) is 0 Å². The normalized spacial score (nSPS) is 10.8. The number of hydrogen-bond acceptors (Lipinski definition) is 2. The molecule has 2 nitrogen and oxygen atoms in total. The van der Waals surface area contributed by atoms with E-state index in [2.05, 4.69) is 20.9 Å². The lowest BCUT2D eigenvalue weighted by Crippen LogP contribution is -2.04. The molecular weight excluding hydrogens is 249 g/mol. The third-order valence-corrected chi connectivity index (χ3v) is 2.11. The summed E-state index contributed by atoms with van der Waals surface area (Å²) in [6.07, 6.45) is -2.04. The van der Waals surface area contributed by atoms with Crippen LogP contribution in [0.1, 0.15) is 17.7 Å². The van der Waals surface area contributed by atoms with Gasteiger partial charge in [-0.1, -0.05) is 15.9 Å². The maximum absolute atomic E-state index is 12.8. The van der Waals surface area contributed by atoms with Crippen molar-refractivity contribution in [3.63, 3.8) is 0 Å². The van der Waals surface area contributed by atoms with Crippen LogP contribution in [0, 0.1) is 5.82 Å². The second-order valence-corrected chi connectivity index (χ2v) is 2.88. The fourth-order valence-electron chi connectivity index (χ4n) is 0.884. The lowest BCUT2D eigenvalue weighted by Gasteiger charge is -2.08. The van der Waals surface area contributed by atoms with Crippen molar-refractivity contribution in [1.82, 2.24) is 4.98 Å². The van der Waals surface area contributed by atoms with E-state index in [1.165, 1.54) is 0 Å². The van der Waals surface area contributed by atoms with Crippen molar-refractivity contribution in [2.45, 2.75) is 11.8 Å². The number of hydrogen-bond donors (Lipinski definition) is 1. The Kier molecular flexibility index (Phi) is 3.13. The Morgan fingerprint density at radius 3 is 2.62 bits per heavy atom. The van der Waals surface area contributed by atoms with Gasteiger partial charge in [0.05, 0.1) is 11.9 Å². The SMILES string of the molecule is Nc1c(F)cnc(C(F)F)c1CBr. The molecule has 0 saturated heterocycles. The Morgan fingerprint density at radius 2 is 2.15 bits per heavy atom. The van der Waals surface area contributed by atoms with Gasteiger partial charge in [0.2, 0.25) is 0 Å². The summed E-state index contributed by atoms with van der Waals surface area (Å²) in [6, 6.07) is 0. The van der Waals surface area contributed by atoms with Gasteiger partial charge >= 0.3 is 0 Å². The molecule has 0 aliphatic rings. The van der Waals surface area contributed by atoms with Crippen molar-refractivity contribution in [2.75, 3.05) is 5.73 Å². The van der Waals surface area contributed by atoms with Gasteiger partial charge in [-0.15, -0.1) is 0 Å². The first-order valence-corrected chi connectivity index (χ1v) is 4.47. The highest BCUT2D eigenvalue weighted by Gasteiger charge is 2.18. The molecule has 2 N–H and O–H groups in total. The zero-order chi connectivity index (χ0) is 10.0. The molecule has 6 heteroatoms. The smallest absolute Gasteiger partial charge is 0.280 e. The summed E-state index contributed by atoms with van der Waals surface area (Å²) in [5.41, 5.74) is 4.51. The molecule has 0 aliphatic carbocycles. The fourth-order valence-corrected chi connectivity index (χ4v) is 1.47. The summed E-state index contributed by atoms with van der Waals surface area (Å²) in [6.45, 7) is 0. The minimum absolute atomic E-state index is 0.00926. The van der Waals surface area contributed by atoms with Crippen LogP contribution in [0.2, 0.25) is 0 Å². The highest BCUT2D eigenvalue weighted by Crippen LogP contribution is 2.28. The second-order valence-electron chi connectivity index (χ2n) is 2.32. The van der Waals surface area contributed by atoms with Gasteiger partial charge in [-0.25, -0.2) is 13.2 Å². The first kappa shape index (κ1) is 10.3. The van der Waals surface area contributed by atoms with Crippen LogP contribution in [0.5, 0.6) is 0 Å². The molecule has 0 amide bonds. The lowest BCUT2D eigenvalue weighted by molar-refractivity contribution is 0.145. The summed E-state index contributed by atoms with van der Waals surface area (Å²) in [5, 5.41) is 0.0588. The number of rotatable bonds is 2. The Labute approximate surface area is 81.1 Å². The van der Waals surface area contributed by atoms with Crippen LogP contribution in [0.15, 0.2) is 6.20 Å². The monoisotopic (exact) mass is 254 g/mol. The summed E-state index contributed by atoms with van der Waals surface area (Å²) >= 11 is 2.94. The molecule has 1 aromatic heterocycles. The molecule has 0 radical (unpaired) electrons. The maximum atomic E-state index is 12.8. The first-order chi connectivity index (χ1) is 6.07. The number of nitrogen functional groups attached to an aromatic ring is 1. The van der Waals surface area contributed by atoms with E-state index in [9.17, 15) is 13.2 Å². The van der Waals surface area contributed by atoms with Gasteiger partial charge in [0.25, 0.3) is 6.43 Å². The minimum atomic E-state index is -2.74. The molecule has 0 aromatic carbocycles. The standard InChI is InChI=1S/C7H6BrF3N2/c8-1-3-5(12)4(9)2-13-6(3)7(10)11/h2,7H,1H2,(H2,12,13). The zero-order valence-electron chi connectivity index (χ0n) is 6.40. The Bertz CT molecular complexity index is 317.